The van der Waals surface area contributed by atoms with E-state index in [1.807, 2.05) is 0 Å². The van der Waals surface area contributed by atoms with Gasteiger partial charge in [0.2, 0.25) is 0 Å². The summed E-state index contributed by atoms with van der Waals surface area (Å²) >= 11 is 0. The second-order valence-corrected chi connectivity index (χ2v) is 8.91. The van der Waals surface area contributed by atoms with Crippen LogP contribution in [0.3, 0.4) is 0 Å². The van der Waals surface area contributed by atoms with E-state index >= 15 is 0 Å². The number of aliphatic hydroxyl groups excluding tert-OH is 1. The van der Waals surface area contributed by atoms with Gasteiger partial charge in [-0.2, -0.15) is 0 Å². The summed E-state index contributed by atoms with van der Waals surface area (Å²) in [6.45, 7) is 9.70. The lowest BCUT2D eigenvalue weighted by Gasteiger charge is -2.48. The Morgan fingerprint density at radius 1 is 1.20 bits per heavy atom. The van der Waals surface area contributed by atoms with Crippen LogP contribution in [0, 0.1) is 34.5 Å². The van der Waals surface area contributed by atoms with Gasteiger partial charge in [-0.3, -0.25) is 0 Å². The van der Waals surface area contributed by atoms with Gasteiger partial charge >= 0.3 is 0 Å². The number of aliphatic hydroxyl groups is 1. The summed E-state index contributed by atoms with van der Waals surface area (Å²) in [7, 11) is 0. The monoisotopic (exact) mass is 278 g/mol. The molecule has 0 aromatic carbocycles. The molecule has 3 saturated carbocycles. The number of rotatable bonds is 5. The third kappa shape index (κ3) is 1.99. The van der Waals surface area contributed by atoms with E-state index in [1.54, 1.807) is 0 Å². The first-order chi connectivity index (χ1) is 9.42. The van der Waals surface area contributed by atoms with Crippen molar-refractivity contribution in [2.75, 3.05) is 0 Å². The summed E-state index contributed by atoms with van der Waals surface area (Å²) in [6, 6.07) is 0. The molecule has 0 amide bonds. The Bertz CT molecular complexity index is 363. The average Bonchev–Trinajstić information content (AvgIpc) is 3.03. The fourth-order valence-corrected chi connectivity index (χ4v) is 6.29. The van der Waals surface area contributed by atoms with Crippen LogP contribution >= 0.6 is 0 Å². The van der Waals surface area contributed by atoms with Gasteiger partial charge in [-0.1, -0.05) is 53.4 Å². The van der Waals surface area contributed by atoms with Crippen LogP contribution in [0.15, 0.2) is 0 Å². The van der Waals surface area contributed by atoms with E-state index in [4.69, 9.17) is 0 Å². The topological polar surface area (TPSA) is 20.2 Å². The third-order valence-corrected chi connectivity index (χ3v) is 7.47. The second kappa shape index (κ2) is 5.00. The average molecular weight is 278 g/mol. The first-order valence-electron chi connectivity index (χ1n) is 9.10. The van der Waals surface area contributed by atoms with Crippen LogP contribution < -0.4 is 0 Å². The zero-order chi connectivity index (χ0) is 14.5. The first kappa shape index (κ1) is 14.9. The predicted octanol–water partition coefficient (Wildman–Crippen LogP) is 5.03. The molecule has 0 aliphatic heterocycles. The lowest BCUT2D eigenvalue weighted by atomic mass is 9.57. The Morgan fingerprint density at radius 3 is 2.65 bits per heavy atom. The molecule has 0 aromatic rings. The van der Waals surface area contributed by atoms with E-state index in [-0.39, 0.29) is 6.10 Å². The smallest absolute Gasteiger partial charge is 0.0604 e. The van der Waals surface area contributed by atoms with Crippen LogP contribution in [-0.2, 0) is 0 Å². The molecule has 0 aromatic heterocycles. The quantitative estimate of drug-likeness (QED) is 0.748. The Labute approximate surface area is 125 Å². The van der Waals surface area contributed by atoms with Crippen LogP contribution in [0.4, 0.5) is 0 Å². The molecule has 0 radical (unpaired) electrons. The van der Waals surface area contributed by atoms with Gasteiger partial charge in [-0.25, -0.2) is 0 Å². The van der Waals surface area contributed by atoms with E-state index in [2.05, 4.69) is 27.7 Å². The van der Waals surface area contributed by atoms with Gasteiger partial charge in [-0.05, 0) is 54.8 Å². The van der Waals surface area contributed by atoms with Gasteiger partial charge in [0, 0.05) is 5.41 Å². The molecule has 3 fully saturated rings. The van der Waals surface area contributed by atoms with E-state index in [0.717, 1.165) is 30.1 Å². The Morgan fingerprint density at radius 2 is 1.95 bits per heavy atom. The van der Waals surface area contributed by atoms with Crippen LogP contribution in [0.1, 0.15) is 79.1 Å². The molecule has 0 bridgehead atoms. The highest BCUT2D eigenvalue weighted by Crippen LogP contribution is 2.79. The summed E-state index contributed by atoms with van der Waals surface area (Å²) in [6.07, 6.45) is 10.6. The molecular weight excluding hydrogens is 244 g/mol. The number of hydrogen-bond acceptors (Lipinski definition) is 1. The SMILES string of the molecule is CC(C)CCC[C@@H](C)[C@H]1C[C@H]2C[C@@]23[C@H](O)CCC[C@]13C. The van der Waals surface area contributed by atoms with E-state index < -0.39 is 0 Å². The van der Waals surface area contributed by atoms with Gasteiger partial charge in [0.05, 0.1) is 6.10 Å². The Hall–Kier alpha value is -0.0400. The van der Waals surface area contributed by atoms with Crippen molar-refractivity contribution in [1.82, 2.24) is 0 Å². The standard InChI is InChI=1S/C19H34O/c1-13(2)7-5-8-14(3)16-11-15-12-19(15)17(20)9-6-10-18(16,19)4/h13-17,20H,5-12H2,1-4H3/t14-,15+,16-,17-,18-,19+/m1/s1. The van der Waals surface area contributed by atoms with E-state index in [1.165, 1.54) is 44.9 Å². The molecule has 3 aliphatic rings. The lowest BCUT2D eigenvalue weighted by Crippen LogP contribution is -2.45. The minimum atomic E-state index is 0.0131. The minimum absolute atomic E-state index is 0.0131. The molecule has 0 saturated heterocycles. The fourth-order valence-electron chi connectivity index (χ4n) is 6.29. The molecule has 1 N–H and O–H groups in total. The van der Waals surface area contributed by atoms with Gasteiger partial charge < -0.3 is 5.11 Å². The van der Waals surface area contributed by atoms with Crippen molar-refractivity contribution in [1.29, 1.82) is 0 Å². The van der Waals surface area contributed by atoms with Crippen molar-refractivity contribution in [3.63, 3.8) is 0 Å². The van der Waals surface area contributed by atoms with Crippen LogP contribution in [0.25, 0.3) is 0 Å². The molecule has 116 valence electrons. The summed E-state index contributed by atoms with van der Waals surface area (Å²) in [4.78, 5) is 0. The zero-order valence-corrected chi connectivity index (χ0v) is 14.0. The molecule has 1 nitrogen and oxygen atoms in total. The molecule has 1 spiro atoms. The normalized spacial score (nSPS) is 48.0. The largest absolute Gasteiger partial charge is 0.393 e. The van der Waals surface area contributed by atoms with Gasteiger partial charge in [0.25, 0.3) is 0 Å². The number of hydrogen-bond donors (Lipinski definition) is 1. The van der Waals surface area contributed by atoms with Gasteiger partial charge in [-0.15, -0.1) is 0 Å². The van der Waals surface area contributed by atoms with Crippen molar-refractivity contribution < 1.29 is 5.11 Å². The Kier molecular flexibility index (Phi) is 3.72. The van der Waals surface area contributed by atoms with Crippen molar-refractivity contribution in [2.45, 2.75) is 85.2 Å². The zero-order valence-electron chi connectivity index (χ0n) is 14.0. The minimum Gasteiger partial charge on any atom is -0.393 e. The Balaban J connectivity index is 1.67. The summed E-state index contributed by atoms with van der Waals surface area (Å²) in [5, 5.41) is 10.6. The van der Waals surface area contributed by atoms with E-state index in [0.29, 0.717) is 10.8 Å². The highest BCUT2D eigenvalue weighted by atomic mass is 16.3. The molecule has 20 heavy (non-hydrogen) atoms. The fraction of sp³-hybridized carbons (Fsp3) is 1.00. The first-order valence-corrected chi connectivity index (χ1v) is 9.10. The van der Waals surface area contributed by atoms with Crippen LogP contribution in [-0.4, -0.2) is 11.2 Å². The van der Waals surface area contributed by atoms with Crippen LogP contribution in [0.5, 0.6) is 0 Å². The summed E-state index contributed by atoms with van der Waals surface area (Å²) < 4.78 is 0. The van der Waals surface area contributed by atoms with Gasteiger partial charge in [0.15, 0.2) is 0 Å². The van der Waals surface area contributed by atoms with Crippen LogP contribution in [0.2, 0.25) is 0 Å². The molecule has 3 aliphatic carbocycles. The predicted molar refractivity (Wildman–Crippen MR) is 84.5 cm³/mol. The maximum absolute atomic E-state index is 10.6. The molecule has 0 heterocycles. The van der Waals surface area contributed by atoms with Crippen molar-refractivity contribution >= 4 is 0 Å². The molecule has 3 rings (SSSR count). The van der Waals surface area contributed by atoms with Crippen molar-refractivity contribution in [2.24, 2.45) is 34.5 Å². The molecule has 0 unspecified atom stereocenters. The third-order valence-electron chi connectivity index (χ3n) is 7.47. The molecular formula is C19H34O. The maximum Gasteiger partial charge on any atom is 0.0604 e. The molecule has 6 atom stereocenters. The maximum atomic E-state index is 10.6. The second-order valence-electron chi connectivity index (χ2n) is 8.91. The van der Waals surface area contributed by atoms with Crippen molar-refractivity contribution in [3.05, 3.63) is 0 Å². The van der Waals surface area contributed by atoms with Crippen molar-refractivity contribution in [3.8, 4) is 0 Å². The summed E-state index contributed by atoms with van der Waals surface area (Å²) in [5.74, 6) is 3.44. The highest BCUT2D eigenvalue weighted by Gasteiger charge is 2.75. The highest BCUT2D eigenvalue weighted by molar-refractivity contribution is 5.23. The van der Waals surface area contributed by atoms with Gasteiger partial charge in [0.1, 0.15) is 0 Å². The lowest BCUT2D eigenvalue weighted by molar-refractivity contribution is -0.0616. The molecule has 1 heteroatoms. The van der Waals surface area contributed by atoms with E-state index in [9.17, 15) is 5.11 Å². The summed E-state index contributed by atoms with van der Waals surface area (Å²) in [5.41, 5.74) is 0.800.